The maximum absolute atomic E-state index is 5.91. The standard InChI is InChI=1S/C16H11N7/c17-15-14-16(21-9-20-15)23-13(11-5-1-2-7-19-11)12(22-14)10-4-3-6-18-8-10/h1-9H,(H2,17,20,21,23). The normalized spacial score (nSPS) is 10.8. The lowest BCUT2D eigenvalue weighted by atomic mass is 10.1. The van der Waals surface area contributed by atoms with E-state index in [1.165, 1.54) is 6.33 Å². The highest BCUT2D eigenvalue weighted by molar-refractivity contribution is 5.87. The van der Waals surface area contributed by atoms with Crippen LogP contribution in [-0.4, -0.2) is 29.9 Å². The highest BCUT2D eigenvalue weighted by Crippen LogP contribution is 2.29. The molecule has 4 heterocycles. The van der Waals surface area contributed by atoms with E-state index in [0.717, 1.165) is 5.56 Å². The summed E-state index contributed by atoms with van der Waals surface area (Å²) >= 11 is 0. The van der Waals surface area contributed by atoms with Crippen molar-refractivity contribution in [3.05, 3.63) is 55.2 Å². The monoisotopic (exact) mass is 301 g/mol. The molecule has 0 bridgehead atoms. The van der Waals surface area contributed by atoms with E-state index in [4.69, 9.17) is 5.73 Å². The van der Waals surface area contributed by atoms with Crippen LogP contribution in [0.4, 0.5) is 5.82 Å². The molecule has 0 spiro atoms. The van der Waals surface area contributed by atoms with Crippen molar-refractivity contribution in [2.75, 3.05) is 5.73 Å². The van der Waals surface area contributed by atoms with Gasteiger partial charge in [0.15, 0.2) is 17.0 Å². The van der Waals surface area contributed by atoms with Gasteiger partial charge in [-0.05, 0) is 24.3 Å². The van der Waals surface area contributed by atoms with E-state index in [9.17, 15) is 0 Å². The number of nitrogen functional groups attached to an aromatic ring is 1. The number of nitrogens with two attached hydrogens (primary N) is 1. The van der Waals surface area contributed by atoms with Crippen molar-refractivity contribution in [3.63, 3.8) is 0 Å². The Morgan fingerprint density at radius 2 is 1.78 bits per heavy atom. The van der Waals surface area contributed by atoms with Crippen LogP contribution in [0.5, 0.6) is 0 Å². The average molecular weight is 301 g/mol. The molecule has 0 aliphatic rings. The first-order chi connectivity index (χ1) is 11.3. The minimum Gasteiger partial charge on any atom is -0.382 e. The van der Waals surface area contributed by atoms with Gasteiger partial charge in [-0.3, -0.25) is 9.97 Å². The maximum atomic E-state index is 5.91. The fourth-order valence-electron chi connectivity index (χ4n) is 2.28. The number of hydrogen-bond acceptors (Lipinski definition) is 7. The van der Waals surface area contributed by atoms with Crippen LogP contribution in [0.3, 0.4) is 0 Å². The Labute approximate surface area is 131 Å². The van der Waals surface area contributed by atoms with Crippen molar-refractivity contribution in [1.82, 2.24) is 29.9 Å². The number of nitrogens with zero attached hydrogens (tertiary/aromatic N) is 6. The maximum Gasteiger partial charge on any atom is 0.184 e. The lowest BCUT2D eigenvalue weighted by Gasteiger charge is -2.09. The molecular formula is C16H11N7. The predicted molar refractivity (Wildman–Crippen MR) is 86.0 cm³/mol. The van der Waals surface area contributed by atoms with E-state index < -0.39 is 0 Å². The molecule has 0 amide bonds. The van der Waals surface area contributed by atoms with Crippen LogP contribution in [-0.2, 0) is 0 Å². The summed E-state index contributed by atoms with van der Waals surface area (Å²) in [4.78, 5) is 25.9. The lowest BCUT2D eigenvalue weighted by molar-refractivity contribution is 1.14. The van der Waals surface area contributed by atoms with E-state index in [0.29, 0.717) is 34.1 Å². The molecule has 0 saturated carbocycles. The molecule has 4 aromatic heterocycles. The van der Waals surface area contributed by atoms with Crippen LogP contribution in [0.1, 0.15) is 0 Å². The molecule has 0 atom stereocenters. The molecule has 0 saturated heterocycles. The van der Waals surface area contributed by atoms with Gasteiger partial charge >= 0.3 is 0 Å². The van der Waals surface area contributed by atoms with Crippen molar-refractivity contribution in [3.8, 4) is 22.6 Å². The summed E-state index contributed by atoms with van der Waals surface area (Å²) in [6.07, 6.45) is 6.51. The predicted octanol–water partition coefficient (Wildman–Crippen LogP) is 2.13. The number of aromatic nitrogens is 6. The van der Waals surface area contributed by atoms with Crippen molar-refractivity contribution in [2.24, 2.45) is 0 Å². The molecule has 2 N–H and O–H groups in total. The summed E-state index contributed by atoms with van der Waals surface area (Å²) in [6.45, 7) is 0. The molecule has 0 aromatic carbocycles. The first kappa shape index (κ1) is 13.2. The Morgan fingerprint density at radius 1 is 0.826 bits per heavy atom. The fourth-order valence-corrected chi connectivity index (χ4v) is 2.28. The highest BCUT2D eigenvalue weighted by atomic mass is 15.0. The van der Waals surface area contributed by atoms with E-state index in [-0.39, 0.29) is 0 Å². The topological polar surface area (TPSA) is 103 Å². The van der Waals surface area contributed by atoms with Crippen molar-refractivity contribution in [1.29, 1.82) is 0 Å². The SMILES string of the molecule is Nc1ncnc2nc(-c3ccccn3)c(-c3cccnc3)nc12. The average Bonchev–Trinajstić information content (AvgIpc) is 2.63. The van der Waals surface area contributed by atoms with Gasteiger partial charge in [-0.1, -0.05) is 6.07 Å². The van der Waals surface area contributed by atoms with Gasteiger partial charge < -0.3 is 5.73 Å². The van der Waals surface area contributed by atoms with Gasteiger partial charge in [-0.2, -0.15) is 0 Å². The van der Waals surface area contributed by atoms with Crippen LogP contribution in [0.2, 0.25) is 0 Å². The zero-order chi connectivity index (χ0) is 15.6. The van der Waals surface area contributed by atoms with Crippen LogP contribution in [0, 0.1) is 0 Å². The van der Waals surface area contributed by atoms with Gasteiger partial charge in [0.2, 0.25) is 0 Å². The molecule has 110 valence electrons. The molecule has 4 aromatic rings. The number of fused-ring (bicyclic) bond motifs is 1. The Bertz CT molecular complexity index is 971. The first-order valence-electron chi connectivity index (χ1n) is 6.93. The molecule has 0 aliphatic carbocycles. The third-order valence-electron chi connectivity index (χ3n) is 3.34. The molecule has 0 fully saturated rings. The van der Waals surface area contributed by atoms with Gasteiger partial charge in [-0.25, -0.2) is 19.9 Å². The van der Waals surface area contributed by atoms with E-state index in [2.05, 4.69) is 29.9 Å². The summed E-state index contributed by atoms with van der Waals surface area (Å²) in [5.74, 6) is 0.292. The van der Waals surface area contributed by atoms with E-state index >= 15 is 0 Å². The number of rotatable bonds is 2. The lowest BCUT2D eigenvalue weighted by Crippen LogP contribution is -2.02. The largest absolute Gasteiger partial charge is 0.382 e. The minimum atomic E-state index is 0.292. The fraction of sp³-hybridized carbons (Fsp3) is 0. The van der Waals surface area contributed by atoms with Gasteiger partial charge in [0.1, 0.15) is 17.7 Å². The summed E-state index contributed by atoms with van der Waals surface area (Å²) in [5, 5.41) is 0. The van der Waals surface area contributed by atoms with Gasteiger partial charge in [0, 0.05) is 24.2 Å². The van der Waals surface area contributed by atoms with Gasteiger partial charge in [0.05, 0.1) is 5.69 Å². The summed E-state index contributed by atoms with van der Waals surface area (Å²) in [6, 6.07) is 9.38. The highest BCUT2D eigenvalue weighted by Gasteiger charge is 2.16. The molecule has 4 rings (SSSR count). The minimum absolute atomic E-state index is 0.292. The van der Waals surface area contributed by atoms with Crippen LogP contribution in [0.25, 0.3) is 33.8 Å². The van der Waals surface area contributed by atoms with Crippen molar-refractivity contribution < 1.29 is 0 Å². The Balaban J connectivity index is 2.07. The molecule has 0 unspecified atom stereocenters. The molecule has 7 nitrogen and oxygen atoms in total. The Hall–Kier alpha value is -3.48. The second-order valence-corrected chi connectivity index (χ2v) is 4.81. The molecule has 0 aliphatic heterocycles. The summed E-state index contributed by atoms with van der Waals surface area (Å²) in [5.41, 5.74) is 9.61. The summed E-state index contributed by atoms with van der Waals surface area (Å²) in [7, 11) is 0. The van der Waals surface area contributed by atoms with E-state index in [1.54, 1.807) is 18.6 Å². The zero-order valence-electron chi connectivity index (χ0n) is 12.0. The zero-order valence-corrected chi connectivity index (χ0v) is 12.0. The smallest absolute Gasteiger partial charge is 0.184 e. The molecule has 7 heteroatoms. The second kappa shape index (κ2) is 5.38. The third kappa shape index (κ3) is 2.34. The number of hydrogen-bond donors (Lipinski definition) is 1. The van der Waals surface area contributed by atoms with Crippen molar-refractivity contribution in [2.45, 2.75) is 0 Å². The van der Waals surface area contributed by atoms with Crippen LogP contribution < -0.4 is 5.73 Å². The Morgan fingerprint density at radius 3 is 2.57 bits per heavy atom. The number of pyridine rings is 2. The van der Waals surface area contributed by atoms with E-state index in [1.807, 2.05) is 30.3 Å². The van der Waals surface area contributed by atoms with Gasteiger partial charge in [-0.15, -0.1) is 0 Å². The Kier molecular flexibility index (Phi) is 3.09. The summed E-state index contributed by atoms with van der Waals surface area (Å²) < 4.78 is 0. The second-order valence-electron chi connectivity index (χ2n) is 4.81. The quantitative estimate of drug-likeness (QED) is 0.604. The first-order valence-corrected chi connectivity index (χ1v) is 6.93. The van der Waals surface area contributed by atoms with Crippen LogP contribution in [0.15, 0.2) is 55.2 Å². The van der Waals surface area contributed by atoms with Gasteiger partial charge in [0.25, 0.3) is 0 Å². The third-order valence-corrected chi connectivity index (χ3v) is 3.34. The number of anilines is 1. The van der Waals surface area contributed by atoms with Crippen LogP contribution >= 0.6 is 0 Å². The molecule has 23 heavy (non-hydrogen) atoms. The molecule has 0 radical (unpaired) electrons. The van der Waals surface area contributed by atoms with Crippen molar-refractivity contribution >= 4 is 17.0 Å². The molecular weight excluding hydrogens is 290 g/mol.